The number of nitrogens with zero attached hydrogens (tertiary/aromatic N) is 1. The lowest BCUT2D eigenvalue weighted by Gasteiger charge is -2.00. The summed E-state index contributed by atoms with van der Waals surface area (Å²) < 4.78 is 0. The topological polar surface area (TPSA) is 101 Å². The van der Waals surface area contributed by atoms with Crippen LogP contribution in [0.1, 0.15) is 0 Å². The minimum atomic E-state index is -0.475. The Bertz CT molecular complexity index is 373. The number of hydrogen-bond acceptors (Lipinski definition) is 5. The molecule has 0 unspecified atom stereocenters. The van der Waals surface area contributed by atoms with E-state index in [1.807, 2.05) is 0 Å². The first-order valence-electron chi connectivity index (χ1n) is 4.22. The summed E-state index contributed by atoms with van der Waals surface area (Å²) >= 11 is 0. The van der Waals surface area contributed by atoms with Crippen LogP contribution in [0.2, 0.25) is 0 Å². The van der Waals surface area contributed by atoms with Gasteiger partial charge in [-0.15, -0.1) is 0 Å². The van der Waals surface area contributed by atoms with Crippen LogP contribution < -0.4 is 11.1 Å². The zero-order chi connectivity index (χ0) is 11.3. The van der Waals surface area contributed by atoms with Crippen LogP contribution >= 0.6 is 0 Å². The zero-order valence-corrected chi connectivity index (χ0v) is 7.88. The smallest absolute Gasteiger partial charge is 0.269 e. The SMILES string of the molecule is NC/C(O)=C\Nc1ccc([N+](=O)[O-])cc1. The Morgan fingerprint density at radius 1 is 1.53 bits per heavy atom. The molecule has 0 saturated heterocycles. The van der Waals surface area contributed by atoms with E-state index < -0.39 is 4.92 Å². The summed E-state index contributed by atoms with van der Waals surface area (Å²) in [6.07, 6.45) is 1.33. The fourth-order valence-electron chi connectivity index (χ4n) is 0.905. The Balaban J connectivity index is 2.69. The van der Waals surface area contributed by atoms with Crippen molar-refractivity contribution in [2.45, 2.75) is 0 Å². The van der Waals surface area contributed by atoms with Crippen molar-refractivity contribution >= 4 is 11.4 Å². The fourth-order valence-corrected chi connectivity index (χ4v) is 0.905. The first-order chi connectivity index (χ1) is 7.13. The molecule has 80 valence electrons. The number of nitro benzene ring substituents is 1. The quantitative estimate of drug-likeness (QED) is 0.395. The number of non-ortho nitro benzene ring substituents is 1. The molecule has 6 heteroatoms. The molecule has 0 amide bonds. The van der Waals surface area contributed by atoms with Crippen LogP contribution in [-0.4, -0.2) is 16.6 Å². The molecule has 0 aliphatic heterocycles. The first-order valence-corrected chi connectivity index (χ1v) is 4.22. The van der Waals surface area contributed by atoms with Crippen molar-refractivity contribution in [1.29, 1.82) is 0 Å². The van der Waals surface area contributed by atoms with E-state index in [1.54, 1.807) is 12.1 Å². The van der Waals surface area contributed by atoms with Crippen molar-refractivity contribution in [1.82, 2.24) is 0 Å². The number of nitro groups is 1. The van der Waals surface area contributed by atoms with Crippen LogP contribution in [0.5, 0.6) is 0 Å². The van der Waals surface area contributed by atoms with E-state index in [-0.39, 0.29) is 18.0 Å². The molecule has 15 heavy (non-hydrogen) atoms. The molecule has 0 atom stereocenters. The fraction of sp³-hybridized carbons (Fsp3) is 0.111. The highest BCUT2D eigenvalue weighted by Gasteiger charge is 2.02. The Kier molecular flexibility index (Phi) is 3.64. The van der Waals surface area contributed by atoms with Crippen molar-refractivity contribution in [3.63, 3.8) is 0 Å². The highest BCUT2D eigenvalue weighted by molar-refractivity contribution is 5.50. The van der Waals surface area contributed by atoms with Crippen LogP contribution in [0, 0.1) is 10.1 Å². The minimum absolute atomic E-state index is 0.00773. The summed E-state index contributed by atoms with van der Waals surface area (Å²) in [6, 6.07) is 5.82. The number of hydrogen-bond donors (Lipinski definition) is 3. The van der Waals surface area contributed by atoms with Crippen molar-refractivity contribution in [3.8, 4) is 0 Å². The monoisotopic (exact) mass is 209 g/mol. The molecule has 1 aromatic carbocycles. The summed E-state index contributed by atoms with van der Waals surface area (Å²) in [4.78, 5) is 9.87. The summed E-state index contributed by atoms with van der Waals surface area (Å²) in [7, 11) is 0. The van der Waals surface area contributed by atoms with Gasteiger partial charge in [-0.1, -0.05) is 0 Å². The van der Waals surface area contributed by atoms with Gasteiger partial charge in [0, 0.05) is 24.0 Å². The van der Waals surface area contributed by atoms with Crippen LogP contribution in [0.25, 0.3) is 0 Å². The van der Waals surface area contributed by atoms with Crippen LogP contribution in [-0.2, 0) is 0 Å². The van der Waals surface area contributed by atoms with Crippen LogP contribution in [0.3, 0.4) is 0 Å². The molecule has 4 N–H and O–H groups in total. The lowest BCUT2D eigenvalue weighted by molar-refractivity contribution is -0.384. The van der Waals surface area contributed by atoms with Crippen molar-refractivity contribution < 1.29 is 10.0 Å². The molecular formula is C9H11N3O3. The molecule has 0 radical (unpaired) electrons. The van der Waals surface area contributed by atoms with E-state index in [2.05, 4.69) is 5.32 Å². The number of aliphatic hydroxyl groups is 1. The standard InChI is InChI=1S/C9H11N3O3/c10-5-9(13)6-11-7-1-3-8(4-2-7)12(14)15/h1-4,6,11,13H,5,10H2/b9-6+. The van der Waals surface area contributed by atoms with E-state index in [0.717, 1.165) is 0 Å². The third kappa shape index (κ3) is 3.28. The van der Waals surface area contributed by atoms with Crippen LogP contribution in [0.4, 0.5) is 11.4 Å². The molecule has 0 saturated carbocycles. The van der Waals surface area contributed by atoms with Gasteiger partial charge < -0.3 is 16.2 Å². The average molecular weight is 209 g/mol. The Hall–Kier alpha value is -2.08. The predicted octanol–water partition coefficient (Wildman–Crippen LogP) is 1.36. The van der Waals surface area contributed by atoms with Crippen molar-refractivity contribution in [2.24, 2.45) is 5.73 Å². The van der Waals surface area contributed by atoms with Gasteiger partial charge in [0.15, 0.2) is 0 Å². The van der Waals surface area contributed by atoms with Crippen molar-refractivity contribution in [2.75, 3.05) is 11.9 Å². The second-order valence-electron chi connectivity index (χ2n) is 2.79. The maximum Gasteiger partial charge on any atom is 0.269 e. The number of nitrogens with two attached hydrogens (primary N) is 1. The summed E-state index contributed by atoms with van der Waals surface area (Å²) in [5.41, 5.74) is 5.81. The number of nitrogens with one attached hydrogen (secondary N) is 1. The average Bonchev–Trinajstić information content (AvgIpc) is 2.26. The number of aliphatic hydroxyl groups excluding tert-OH is 1. The van der Waals surface area contributed by atoms with E-state index in [4.69, 9.17) is 10.8 Å². The van der Waals surface area contributed by atoms with Gasteiger partial charge in [0.25, 0.3) is 5.69 Å². The molecule has 0 aromatic heterocycles. The van der Waals surface area contributed by atoms with Gasteiger partial charge in [-0.05, 0) is 12.1 Å². The summed E-state index contributed by atoms with van der Waals surface area (Å²) in [5.74, 6) is 0.00773. The molecular weight excluding hydrogens is 198 g/mol. The van der Waals surface area contributed by atoms with E-state index in [9.17, 15) is 10.1 Å². The molecule has 1 aromatic rings. The third-order valence-corrected chi connectivity index (χ3v) is 1.69. The number of anilines is 1. The Labute approximate surface area is 86.2 Å². The van der Waals surface area contributed by atoms with Gasteiger partial charge >= 0.3 is 0 Å². The Morgan fingerprint density at radius 2 is 2.13 bits per heavy atom. The number of benzene rings is 1. The lowest BCUT2D eigenvalue weighted by atomic mass is 10.3. The van der Waals surface area contributed by atoms with E-state index >= 15 is 0 Å². The molecule has 0 fully saturated rings. The first kappa shape index (κ1) is 11.0. The summed E-state index contributed by atoms with van der Waals surface area (Å²) in [6.45, 7) is 0.0416. The minimum Gasteiger partial charge on any atom is -0.509 e. The third-order valence-electron chi connectivity index (χ3n) is 1.69. The molecule has 0 heterocycles. The highest BCUT2D eigenvalue weighted by atomic mass is 16.6. The molecule has 0 bridgehead atoms. The van der Waals surface area contributed by atoms with Crippen molar-refractivity contribution in [3.05, 3.63) is 46.3 Å². The zero-order valence-electron chi connectivity index (χ0n) is 7.88. The van der Waals surface area contributed by atoms with Gasteiger partial charge in [-0.2, -0.15) is 0 Å². The van der Waals surface area contributed by atoms with Crippen LogP contribution in [0.15, 0.2) is 36.2 Å². The maximum atomic E-state index is 10.3. The molecule has 0 aliphatic carbocycles. The molecule has 1 rings (SSSR count). The molecule has 0 spiro atoms. The largest absolute Gasteiger partial charge is 0.509 e. The molecule has 0 aliphatic rings. The second kappa shape index (κ2) is 4.97. The number of rotatable bonds is 4. The van der Waals surface area contributed by atoms with E-state index in [0.29, 0.717) is 5.69 Å². The summed E-state index contributed by atoms with van der Waals surface area (Å²) in [5, 5.41) is 22.1. The predicted molar refractivity (Wildman–Crippen MR) is 56.5 cm³/mol. The van der Waals surface area contributed by atoms with Gasteiger partial charge in [-0.3, -0.25) is 10.1 Å². The van der Waals surface area contributed by atoms with Gasteiger partial charge in [0.1, 0.15) is 5.76 Å². The highest BCUT2D eigenvalue weighted by Crippen LogP contribution is 2.15. The lowest BCUT2D eigenvalue weighted by Crippen LogP contribution is -2.04. The Morgan fingerprint density at radius 3 is 2.60 bits per heavy atom. The maximum absolute atomic E-state index is 10.3. The molecule has 6 nitrogen and oxygen atoms in total. The normalized spacial score (nSPS) is 11.1. The van der Waals surface area contributed by atoms with Gasteiger partial charge in [-0.25, -0.2) is 0 Å². The van der Waals surface area contributed by atoms with Gasteiger partial charge in [0.2, 0.25) is 0 Å². The van der Waals surface area contributed by atoms with Gasteiger partial charge in [0.05, 0.1) is 11.5 Å². The second-order valence-corrected chi connectivity index (χ2v) is 2.79. The van der Waals surface area contributed by atoms with E-state index in [1.165, 1.54) is 18.3 Å².